The minimum absolute atomic E-state index is 0.148. The van der Waals surface area contributed by atoms with Gasteiger partial charge in [-0.15, -0.1) is 0 Å². The van der Waals surface area contributed by atoms with E-state index in [9.17, 15) is 4.79 Å². The molecule has 27 heavy (non-hydrogen) atoms. The van der Waals surface area contributed by atoms with Gasteiger partial charge in [0.05, 0.1) is 5.57 Å². The summed E-state index contributed by atoms with van der Waals surface area (Å²) >= 11 is 6.04. The summed E-state index contributed by atoms with van der Waals surface area (Å²) in [4.78, 5) is 17.3. The molecule has 0 bridgehead atoms. The second-order valence-corrected chi connectivity index (χ2v) is 6.75. The van der Waals surface area contributed by atoms with Gasteiger partial charge in [-0.2, -0.15) is 10.1 Å². The minimum atomic E-state index is -0.378. The van der Waals surface area contributed by atoms with Gasteiger partial charge in [0.15, 0.2) is 0 Å². The Morgan fingerprint density at radius 3 is 2.67 bits per heavy atom. The van der Waals surface area contributed by atoms with Crippen molar-refractivity contribution in [3.8, 4) is 0 Å². The lowest BCUT2D eigenvalue weighted by Crippen LogP contribution is -2.34. The molecule has 0 radical (unpaired) electrons. The lowest BCUT2D eigenvalue weighted by atomic mass is 9.95. The maximum Gasteiger partial charge on any atom is 0.251 e. The summed E-state index contributed by atoms with van der Waals surface area (Å²) in [5, 5.41) is 11.1. The number of aromatic nitrogens is 3. The van der Waals surface area contributed by atoms with Crippen LogP contribution < -0.4 is 10.6 Å². The van der Waals surface area contributed by atoms with E-state index in [1.807, 2.05) is 61.5 Å². The van der Waals surface area contributed by atoms with Crippen molar-refractivity contribution < 1.29 is 4.79 Å². The van der Waals surface area contributed by atoms with E-state index in [4.69, 9.17) is 11.6 Å². The maximum absolute atomic E-state index is 13.1. The van der Waals surface area contributed by atoms with Crippen molar-refractivity contribution in [3.05, 3.63) is 88.3 Å². The fourth-order valence-electron chi connectivity index (χ4n) is 3.21. The van der Waals surface area contributed by atoms with Crippen LogP contribution in [0.5, 0.6) is 0 Å². The van der Waals surface area contributed by atoms with Gasteiger partial charge >= 0.3 is 0 Å². The zero-order valence-corrected chi connectivity index (χ0v) is 15.4. The number of carbonyl (C=O) groups excluding carboxylic acids is 1. The van der Waals surface area contributed by atoms with Crippen LogP contribution in [0.3, 0.4) is 0 Å². The van der Waals surface area contributed by atoms with Crippen LogP contribution in [0.4, 0.5) is 5.95 Å². The Balaban J connectivity index is 1.67. The minimum Gasteiger partial charge on any atom is -0.348 e. The topological polar surface area (TPSA) is 71.8 Å². The molecule has 2 heterocycles. The molecule has 0 saturated carbocycles. The summed E-state index contributed by atoms with van der Waals surface area (Å²) in [5.74, 6) is 0.456. The molecule has 3 aromatic rings. The van der Waals surface area contributed by atoms with Gasteiger partial charge in [0.25, 0.3) is 5.91 Å². The molecule has 6 nitrogen and oxygen atoms in total. The van der Waals surface area contributed by atoms with Crippen LogP contribution in [0.1, 0.15) is 24.1 Å². The largest absolute Gasteiger partial charge is 0.348 e. The van der Waals surface area contributed by atoms with Crippen LogP contribution >= 0.6 is 11.6 Å². The van der Waals surface area contributed by atoms with E-state index >= 15 is 0 Å². The van der Waals surface area contributed by atoms with Crippen molar-refractivity contribution in [1.29, 1.82) is 0 Å². The molecule has 4 rings (SSSR count). The molecule has 1 amide bonds. The van der Waals surface area contributed by atoms with Gasteiger partial charge in [0.1, 0.15) is 12.4 Å². The summed E-state index contributed by atoms with van der Waals surface area (Å²) in [6.07, 6.45) is 1.48. The molecule has 136 valence electrons. The predicted octanol–water partition coefficient (Wildman–Crippen LogP) is 3.54. The smallest absolute Gasteiger partial charge is 0.251 e. The van der Waals surface area contributed by atoms with E-state index in [0.717, 1.165) is 16.8 Å². The van der Waals surface area contributed by atoms with Crippen molar-refractivity contribution in [2.45, 2.75) is 19.5 Å². The third-order valence-corrected chi connectivity index (χ3v) is 4.77. The number of hydrogen-bond donors (Lipinski definition) is 2. The highest BCUT2D eigenvalue weighted by atomic mass is 35.5. The summed E-state index contributed by atoms with van der Waals surface area (Å²) in [5.41, 5.74) is 3.31. The summed E-state index contributed by atoms with van der Waals surface area (Å²) < 4.78 is 1.72. The Kier molecular flexibility index (Phi) is 4.64. The Bertz CT molecular complexity index is 995. The second kappa shape index (κ2) is 7.25. The van der Waals surface area contributed by atoms with Gasteiger partial charge in [-0.1, -0.05) is 54.1 Å². The summed E-state index contributed by atoms with van der Waals surface area (Å²) in [7, 11) is 0. The first kappa shape index (κ1) is 17.3. The number of nitrogens with one attached hydrogen (secondary N) is 2. The molecule has 0 fully saturated rings. The van der Waals surface area contributed by atoms with Crippen LogP contribution in [0.25, 0.3) is 0 Å². The zero-order chi connectivity index (χ0) is 18.8. The standard InChI is InChI=1S/C20H18ClN5O/c1-13-17(19(27)22-11-14-5-3-2-4-6-14)18(15-7-9-16(21)10-8-15)26-20(25-13)23-12-24-26/h2-10,12,18H,11H2,1H3,(H,22,27)(H,23,24,25). The normalized spacial score (nSPS) is 15.9. The highest BCUT2D eigenvalue weighted by molar-refractivity contribution is 6.30. The summed E-state index contributed by atoms with van der Waals surface area (Å²) in [6.45, 7) is 2.33. The number of nitrogens with zero attached hydrogens (tertiary/aromatic N) is 3. The molecule has 1 aliphatic heterocycles. The highest BCUT2D eigenvalue weighted by Crippen LogP contribution is 2.34. The molecule has 2 aromatic carbocycles. The van der Waals surface area contributed by atoms with Crippen LogP contribution in [0.15, 0.2) is 72.2 Å². The molecular weight excluding hydrogens is 362 g/mol. The first-order valence-electron chi connectivity index (χ1n) is 8.58. The van der Waals surface area contributed by atoms with Crippen molar-refractivity contribution >= 4 is 23.5 Å². The SMILES string of the molecule is CC1=C(C(=O)NCc2ccccc2)C(c2ccc(Cl)cc2)n2ncnc2N1. The number of allylic oxidation sites excluding steroid dienone is 1. The van der Waals surface area contributed by atoms with Crippen molar-refractivity contribution in [2.24, 2.45) is 0 Å². The average molecular weight is 380 g/mol. The van der Waals surface area contributed by atoms with Crippen LogP contribution in [-0.2, 0) is 11.3 Å². The lowest BCUT2D eigenvalue weighted by molar-refractivity contribution is -0.118. The van der Waals surface area contributed by atoms with Gasteiger partial charge in [-0.25, -0.2) is 4.68 Å². The predicted molar refractivity (Wildman–Crippen MR) is 104 cm³/mol. The van der Waals surface area contributed by atoms with Crippen LogP contribution in [0, 0.1) is 0 Å². The molecule has 0 spiro atoms. The zero-order valence-electron chi connectivity index (χ0n) is 14.7. The van der Waals surface area contributed by atoms with Crippen LogP contribution in [0.2, 0.25) is 5.02 Å². The molecule has 1 aliphatic rings. The van der Waals surface area contributed by atoms with Gasteiger partial charge < -0.3 is 10.6 Å². The lowest BCUT2D eigenvalue weighted by Gasteiger charge is -2.28. The molecule has 0 aliphatic carbocycles. The molecule has 7 heteroatoms. The fraction of sp³-hybridized carbons (Fsp3) is 0.150. The molecule has 2 N–H and O–H groups in total. The van der Waals surface area contributed by atoms with E-state index in [-0.39, 0.29) is 11.9 Å². The Hall–Kier alpha value is -3.12. The van der Waals surface area contributed by atoms with Crippen molar-refractivity contribution in [2.75, 3.05) is 5.32 Å². The monoisotopic (exact) mass is 379 g/mol. The third-order valence-electron chi connectivity index (χ3n) is 4.52. The molecule has 0 saturated heterocycles. The number of amides is 1. The highest BCUT2D eigenvalue weighted by Gasteiger charge is 2.33. The number of carbonyl (C=O) groups is 1. The number of fused-ring (bicyclic) bond motifs is 1. The van der Waals surface area contributed by atoms with Crippen LogP contribution in [-0.4, -0.2) is 20.7 Å². The fourth-order valence-corrected chi connectivity index (χ4v) is 3.34. The Morgan fingerprint density at radius 1 is 1.19 bits per heavy atom. The van der Waals surface area contributed by atoms with E-state index < -0.39 is 0 Å². The number of hydrogen-bond acceptors (Lipinski definition) is 4. The second-order valence-electron chi connectivity index (χ2n) is 6.31. The molecule has 1 aromatic heterocycles. The number of halogens is 1. The van der Waals surface area contributed by atoms with Gasteiger partial charge in [0.2, 0.25) is 5.95 Å². The van der Waals surface area contributed by atoms with E-state index in [0.29, 0.717) is 23.1 Å². The number of benzene rings is 2. The van der Waals surface area contributed by atoms with E-state index in [1.54, 1.807) is 4.68 Å². The molecule has 1 atom stereocenters. The van der Waals surface area contributed by atoms with Gasteiger partial charge in [-0.05, 0) is 30.2 Å². The number of rotatable bonds is 4. The van der Waals surface area contributed by atoms with Crippen molar-refractivity contribution in [1.82, 2.24) is 20.1 Å². The Morgan fingerprint density at radius 2 is 1.93 bits per heavy atom. The first-order valence-corrected chi connectivity index (χ1v) is 8.96. The maximum atomic E-state index is 13.1. The average Bonchev–Trinajstić information content (AvgIpc) is 3.14. The quantitative estimate of drug-likeness (QED) is 0.727. The number of anilines is 1. The van der Waals surface area contributed by atoms with Crippen molar-refractivity contribution in [3.63, 3.8) is 0 Å². The first-order chi connectivity index (χ1) is 13.1. The van der Waals surface area contributed by atoms with Gasteiger partial charge in [-0.3, -0.25) is 4.79 Å². The van der Waals surface area contributed by atoms with E-state index in [1.165, 1.54) is 6.33 Å². The van der Waals surface area contributed by atoms with E-state index in [2.05, 4.69) is 20.7 Å². The molecule has 1 unspecified atom stereocenters. The summed E-state index contributed by atoms with van der Waals surface area (Å²) in [6, 6.07) is 16.9. The van der Waals surface area contributed by atoms with Gasteiger partial charge in [0, 0.05) is 17.3 Å². The Labute approximate surface area is 161 Å². The third kappa shape index (κ3) is 3.44. The molecular formula is C20H18ClN5O.